The third-order valence-corrected chi connectivity index (χ3v) is 4.56. The van der Waals surface area contributed by atoms with Crippen molar-refractivity contribution in [3.05, 3.63) is 0 Å². The summed E-state index contributed by atoms with van der Waals surface area (Å²) in [5, 5.41) is 3.32. The second kappa shape index (κ2) is 7.22. The molecule has 21 heavy (non-hydrogen) atoms. The van der Waals surface area contributed by atoms with Gasteiger partial charge in [0.05, 0.1) is 12.6 Å². The molecule has 120 valence electrons. The molecule has 2 aliphatic rings. The van der Waals surface area contributed by atoms with E-state index in [9.17, 15) is 9.59 Å². The number of hydrogen-bond donors (Lipinski definition) is 1. The zero-order valence-corrected chi connectivity index (χ0v) is 13.5. The average Bonchev–Trinajstić information content (AvgIpc) is 2.73. The molecule has 2 heterocycles. The first-order chi connectivity index (χ1) is 9.99. The molecule has 6 nitrogen and oxygen atoms in total. The monoisotopic (exact) mass is 296 g/mol. The number of nitrogens with one attached hydrogen (secondary N) is 1. The molecule has 2 aliphatic heterocycles. The number of amides is 2. The number of carbonyl (C=O) groups excluding carboxylic acids is 2. The van der Waals surface area contributed by atoms with Crippen molar-refractivity contribution in [2.75, 3.05) is 53.4 Å². The number of carbonyl (C=O) groups is 2. The van der Waals surface area contributed by atoms with Crippen LogP contribution in [0.15, 0.2) is 0 Å². The molecule has 0 spiro atoms. The Hall–Kier alpha value is -1.14. The molecule has 2 rings (SSSR count). The topological polar surface area (TPSA) is 55.9 Å². The third-order valence-electron chi connectivity index (χ3n) is 4.56. The summed E-state index contributed by atoms with van der Waals surface area (Å²) in [6.07, 6.45) is 2.02. The van der Waals surface area contributed by atoms with Gasteiger partial charge in [-0.05, 0) is 25.3 Å². The molecule has 0 radical (unpaired) electrons. The molecule has 0 aromatic rings. The maximum absolute atomic E-state index is 12.6. The second-order valence-corrected chi connectivity index (χ2v) is 6.44. The molecule has 2 fully saturated rings. The smallest absolute Gasteiger partial charge is 0.240 e. The Morgan fingerprint density at radius 3 is 2.57 bits per heavy atom. The SMILES string of the molecule is CC1CCNC1C(=O)N1CCCN(CC(=O)N(C)C)CC1. The molecule has 2 atom stereocenters. The molecule has 0 aliphatic carbocycles. The van der Waals surface area contributed by atoms with Crippen LogP contribution in [0.4, 0.5) is 0 Å². The molecule has 6 heteroatoms. The van der Waals surface area contributed by atoms with Gasteiger partial charge in [-0.25, -0.2) is 0 Å². The van der Waals surface area contributed by atoms with Crippen LogP contribution in [0, 0.1) is 5.92 Å². The Morgan fingerprint density at radius 2 is 1.95 bits per heavy atom. The standard InChI is InChI=1S/C15H28N4O2/c1-12-5-6-16-14(12)15(21)19-8-4-7-18(9-10-19)11-13(20)17(2)3/h12,14,16H,4-11H2,1-3H3. The fourth-order valence-electron chi connectivity index (χ4n) is 3.04. The lowest BCUT2D eigenvalue weighted by molar-refractivity contribution is -0.133. The van der Waals surface area contributed by atoms with Crippen LogP contribution in [-0.2, 0) is 9.59 Å². The lowest BCUT2D eigenvalue weighted by atomic mass is 10.0. The number of likely N-dealkylation sites (N-methyl/N-ethyl adjacent to an activating group) is 1. The van der Waals surface area contributed by atoms with E-state index in [1.807, 2.05) is 4.90 Å². The van der Waals surface area contributed by atoms with Gasteiger partial charge in [-0.3, -0.25) is 14.5 Å². The van der Waals surface area contributed by atoms with Crippen molar-refractivity contribution in [3.63, 3.8) is 0 Å². The van der Waals surface area contributed by atoms with Crippen LogP contribution in [-0.4, -0.2) is 85.9 Å². The predicted octanol–water partition coefficient (Wildman–Crippen LogP) is -0.393. The molecule has 2 unspecified atom stereocenters. The van der Waals surface area contributed by atoms with Crippen LogP contribution in [0.5, 0.6) is 0 Å². The summed E-state index contributed by atoms with van der Waals surface area (Å²) < 4.78 is 0. The van der Waals surface area contributed by atoms with Gasteiger partial charge in [0, 0.05) is 40.3 Å². The zero-order valence-electron chi connectivity index (χ0n) is 13.5. The number of rotatable bonds is 3. The average molecular weight is 296 g/mol. The minimum absolute atomic E-state index is 0.0139. The van der Waals surface area contributed by atoms with Crippen molar-refractivity contribution in [2.45, 2.75) is 25.8 Å². The van der Waals surface area contributed by atoms with Crippen LogP contribution < -0.4 is 5.32 Å². The molecule has 2 saturated heterocycles. The first-order valence-corrected chi connectivity index (χ1v) is 7.93. The number of hydrogen-bond acceptors (Lipinski definition) is 4. The highest BCUT2D eigenvalue weighted by Gasteiger charge is 2.33. The second-order valence-electron chi connectivity index (χ2n) is 6.44. The van der Waals surface area contributed by atoms with E-state index in [1.165, 1.54) is 0 Å². The van der Waals surface area contributed by atoms with E-state index in [0.29, 0.717) is 12.5 Å². The lowest BCUT2D eigenvalue weighted by Crippen LogP contribution is -2.47. The van der Waals surface area contributed by atoms with Gasteiger partial charge in [0.1, 0.15) is 0 Å². The van der Waals surface area contributed by atoms with Gasteiger partial charge in [-0.1, -0.05) is 6.92 Å². The summed E-state index contributed by atoms with van der Waals surface area (Å²) in [5.41, 5.74) is 0. The van der Waals surface area contributed by atoms with Crippen molar-refractivity contribution in [3.8, 4) is 0 Å². The molecule has 0 saturated carbocycles. The summed E-state index contributed by atoms with van der Waals surface area (Å²) in [4.78, 5) is 30.1. The highest BCUT2D eigenvalue weighted by Crippen LogP contribution is 2.17. The summed E-state index contributed by atoms with van der Waals surface area (Å²) in [7, 11) is 3.56. The Morgan fingerprint density at radius 1 is 1.19 bits per heavy atom. The van der Waals surface area contributed by atoms with Gasteiger partial charge >= 0.3 is 0 Å². The van der Waals surface area contributed by atoms with Crippen molar-refractivity contribution < 1.29 is 9.59 Å². The van der Waals surface area contributed by atoms with Crippen LogP contribution in [0.2, 0.25) is 0 Å². The van der Waals surface area contributed by atoms with Crippen molar-refractivity contribution in [2.24, 2.45) is 5.92 Å². The molecule has 0 aromatic carbocycles. The highest BCUT2D eigenvalue weighted by atomic mass is 16.2. The molecule has 0 bridgehead atoms. The molecule has 2 amide bonds. The maximum Gasteiger partial charge on any atom is 0.240 e. The fraction of sp³-hybridized carbons (Fsp3) is 0.867. The van der Waals surface area contributed by atoms with Gasteiger partial charge in [0.25, 0.3) is 0 Å². The molecular formula is C15H28N4O2. The van der Waals surface area contributed by atoms with E-state index in [2.05, 4.69) is 17.1 Å². The van der Waals surface area contributed by atoms with Gasteiger partial charge in [0.15, 0.2) is 0 Å². The van der Waals surface area contributed by atoms with E-state index in [4.69, 9.17) is 0 Å². The summed E-state index contributed by atoms with van der Waals surface area (Å²) in [5.74, 6) is 0.786. The van der Waals surface area contributed by atoms with Gasteiger partial charge < -0.3 is 15.1 Å². The highest BCUT2D eigenvalue weighted by molar-refractivity contribution is 5.82. The molecule has 1 N–H and O–H groups in total. The van der Waals surface area contributed by atoms with Crippen molar-refractivity contribution in [1.29, 1.82) is 0 Å². The van der Waals surface area contributed by atoms with Gasteiger partial charge in [-0.15, -0.1) is 0 Å². The largest absolute Gasteiger partial charge is 0.348 e. The van der Waals surface area contributed by atoms with E-state index in [1.54, 1.807) is 19.0 Å². The van der Waals surface area contributed by atoms with Gasteiger partial charge in [-0.2, -0.15) is 0 Å². The van der Waals surface area contributed by atoms with Gasteiger partial charge in [0.2, 0.25) is 11.8 Å². The zero-order chi connectivity index (χ0) is 15.4. The maximum atomic E-state index is 12.6. The minimum atomic E-state index is -0.0139. The first-order valence-electron chi connectivity index (χ1n) is 7.93. The Bertz CT molecular complexity index is 386. The van der Waals surface area contributed by atoms with E-state index in [0.717, 1.165) is 45.6 Å². The third kappa shape index (κ3) is 4.17. The van der Waals surface area contributed by atoms with E-state index >= 15 is 0 Å². The molecule has 0 aromatic heterocycles. The Labute approximate surface area is 127 Å². The van der Waals surface area contributed by atoms with Crippen LogP contribution in [0.3, 0.4) is 0 Å². The van der Waals surface area contributed by atoms with E-state index < -0.39 is 0 Å². The number of nitrogens with zero attached hydrogens (tertiary/aromatic N) is 3. The summed E-state index contributed by atoms with van der Waals surface area (Å²) in [6.45, 7) is 6.73. The Balaban J connectivity index is 1.85. The minimum Gasteiger partial charge on any atom is -0.348 e. The summed E-state index contributed by atoms with van der Waals surface area (Å²) in [6, 6.07) is -0.0139. The van der Waals surface area contributed by atoms with Crippen LogP contribution in [0.1, 0.15) is 19.8 Å². The van der Waals surface area contributed by atoms with Crippen LogP contribution >= 0.6 is 0 Å². The lowest BCUT2D eigenvalue weighted by Gasteiger charge is -2.26. The summed E-state index contributed by atoms with van der Waals surface area (Å²) >= 11 is 0. The van der Waals surface area contributed by atoms with E-state index in [-0.39, 0.29) is 17.9 Å². The van der Waals surface area contributed by atoms with Crippen molar-refractivity contribution in [1.82, 2.24) is 20.0 Å². The molecular weight excluding hydrogens is 268 g/mol. The predicted molar refractivity (Wildman–Crippen MR) is 81.9 cm³/mol. The van der Waals surface area contributed by atoms with Crippen LogP contribution in [0.25, 0.3) is 0 Å². The fourth-order valence-corrected chi connectivity index (χ4v) is 3.04. The first kappa shape index (κ1) is 16.2. The quantitative estimate of drug-likeness (QED) is 0.770. The Kier molecular flexibility index (Phi) is 5.58. The van der Waals surface area contributed by atoms with Crippen molar-refractivity contribution >= 4 is 11.8 Å². The normalized spacial score (nSPS) is 27.5.